The highest BCUT2D eigenvalue weighted by Crippen LogP contribution is 2.42. The number of nitrogens with one attached hydrogen (secondary N) is 1. The summed E-state index contributed by atoms with van der Waals surface area (Å²) in [5, 5.41) is 2.68. The maximum atomic E-state index is 13.4. The van der Waals surface area contributed by atoms with Crippen molar-refractivity contribution >= 4 is 40.9 Å². The molecule has 0 saturated heterocycles. The maximum absolute atomic E-state index is 13.4. The molecular formula is C23H26ClFN2O2S. The molecular weight excluding hydrogens is 423 g/mol. The normalized spacial score (nSPS) is 17.1. The fourth-order valence-electron chi connectivity index (χ4n) is 3.32. The Bertz CT molecular complexity index is 937. The highest BCUT2D eigenvalue weighted by atomic mass is 35.5. The number of benzene rings is 2. The molecule has 160 valence electrons. The van der Waals surface area contributed by atoms with Crippen LogP contribution >= 0.6 is 23.4 Å². The van der Waals surface area contributed by atoms with Crippen LogP contribution in [0, 0.1) is 17.7 Å². The lowest BCUT2D eigenvalue weighted by Crippen LogP contribution is -2.47. The van der Waals surface area contributed by atoms with E-state index in [1.807, 2.05) is 24.3 Å². The molecule has 0 bridgehead atoms. The van der Waals surface area contributed by atoms with Gasteiger partial charge in [0.15, 0.2) is 0 Å². The SMILES string of the molecule is CC(C)CCNC(=O)[C@H](C)[C@@H]1Sc2ccccc2N(Cc2ccc(F)cc2Cl)C1=O. The van der Waals surface area contributed by atoms with Gasteiger partial charge in [0.1, 0.15) is 11.1 Å². The monoisotopic (exact) mass is 448 g/mol. The van der Waals surface area contributed by atoms with Gasteiger partial charge < -0.3 is 10.2 Å². The highest BCUT2D eigenvalue weighted by Gasteiger charge is 2.39. The largest absolute Gasteiger partial charge is 0.356 e. The van der Waals surface area contributed by atoms with Crippen LogP contribution in [0.15, 0.2) is 47.4 Å². The van der Waals surface area contributed by atoms with Gasteiger partial charge in [-0.15, -0.1) is 11.8 Å². The first-order valence-corrected chi connectivity index (χ1v) is 11.3. The van der Waals surface area contributed by atoms with Gasteiger partial charge >= 0.3 is 0 Å². The van der Waals surface area contributed by atoms with Crippen LogP contribution in [-0.4, -0.2) is 23.6 Å². The third-order valence-corrected chi connectivity index (χ3v) is 6.97. The number of carbonyl (C=O) groups is 2. The van der Waals surface area contributed by atoms with Gasteiger partial charge in [-0.2, -0.15) is 0 Å². The van der Waals surface area contributed by atoms with Crippen LogP contribution in [0.4, 0.5) is 10.1 Å². The summed E-state index contributed by atoms with van der Waals surface area (Å²) in [5.41, 5.74) is 1.43. The minimum Gasteiger partial charge on any atom is -0.356 e. The van der Waals surface area contributed by atoms with Gasteiger partial charge in [0, 0.05) is 16.5 Å². The molecule has 0 aromatic heterocycles. The second-order valence-electron chi connectivity index (χ2n) is 7.93. The predicted octanol–water partition coefficient (Wildman–Crippen LogP) is 5.29. The molecule has 7 heteroatoms. The molecule has 1 aliphatic rings. The van der Waals surface area contributed by atoms with Crippen molar-refractivity contribution in [3.63, 3.8) is 0 Å². The van der Waals surface area contributed by atoms with Crippen molar-refractivity contribution in [2.45, 2.75) is 43.9 Å². The number of hydrogen-bond donors (Lipinski definition) is 1. The van der Waals surface area contributed by atoms with Gasteiger partial charge in [0.05, 0.1) is 18.2 Å². The molecule has 2 aromatic rings. The Labute approximate surface area is 186 Å². The van der Waals surface area contributed by atoms with Crippen LogP contribution in [-0.2, 0) is 16.1 Å². The summed E-state index contributed by atoms with van der Waals surface area (Å²) < 4.78 is 13.4. The number of nitrogens with zero attached hydrogens (tertiary/aromatic N) is 1. The van der Waals surface area contributed by atoms with Gasteiger partial charge in [0.25, 0.3) is 0 Å². The minimum atomic E-state index is -0.543. The third-order valence-electron chi connectivity index (χ3n) is 5.15. The van der Waals surface area contributed by atoms with Crippen LogP contribution in [0.25, 0.3) is 0 Å². The molecule has 2 atom stereocenters. The van der Waals surface area contributed by atoms with E-state index in [0.717, 1.165) is 17.0 Å². The molecule has 0 aliphatic carbocycles. The van der Waals surface area contributed by atoms with Gasteiger partial charge in [-0.25, -0.2) is 4.39 Å². The van der Waals surface area contributed by atoms with Crippen LogP contribution in [0.1, 0.15) is 32.8 Å². The molecule has 3 rings (SSSR count). The Balaban J connectivity index is 1.84. The van der Waals surface area contributed by atoms with E-state index in [4.69, 9.17) is 11.6 Å². The Morgan fingerprint density at radius 3 is 2.67 bits per heavy atom. The third kappa shape index (κ3) is 5.16. The van der Waals surface area contributed by atoms with E-state index in [1.54, 1.807) is 17.9 Å². The van der Waals surface area contributed by atoms with E-state index in [1.165, 1.54) is 23.9 Å². The Hall–Kier alpha value is -2.05. The molecule has 0 unspecified atom stereocenters. The van der Waals surface area contributed by atoms with Gasteiger partial charge in [-0.1, -0.05) is 50.6 Å². The predicted molar refractivity (Wildman–Crippen MR) is 120 cm³/mol. The van der Waals surface area contributed by atoms with Gasteiger partial charge in [-0.3, -0.25) is 9.59 Å². The summed E-state index contributed by atoms with van der Waals surface area (Å²) in [4.78, 5) is 28.7. The first-order valence-electron chi connectivity index (χ1n) is 10.1. The number of anilines is 1. The number of rotatable bonds is 7. The first-order chi connectivity index (χ1) is 14.3. The summed E-state index contributed by atoms with van der Waals surface area (Å²) in [6.07, 6.45) is 0.891. The topological polar surface area (TPSA) is 49.4 Å². The summed E-state index contributed by atoms with van der Waals surface area (Å²) >= 11 is 7.63. The molecule has 0 saturated carbocycles. The zero-order valence-electron chi connectivity index (χ0n) is 17.3. The smallest absolute Gasteiger partial charge is 0.241 e. The highest BCUT2D eigenvalue weighted by molar-refractivity contribution is 8.01. The standard InChI is InChI=1S/C23H26ClFN2O2S/c1-14(2)10-11-26-22(28)15(3)21-23(29)27(19-6-4-5-7-20(19)30-21)13-16-8-9-17(25)12-18(16)24/h4-9,12,14-15,21H,10-11,13H2,1-3H3,(H,26,28)/t15-,21+/m1/s1. The van der Waals surface area contributed by atoms with Crippen molar-refractivity contribution in [1.82, 2.24) is 5.32 Å². The van der Waals surface area contributed by atoms with Crippen LogP contribution in [0.3, 0.4) is 0 Å². The lowest BCUT2D eigenvalue weighted by atomic mass is 10.0. The summed E-state index contributed by atoms with van der Waals surface area (Å²) in [6.45, 7) is 6.81. The number of halogens is 2. The molecule has 2 amide bonds. The molecule has 4 nitrogen and oxygen atoms in total. The van der Waals surface area contributed by atoms with Crippen molar-refractivity contribution in [2.24, 2.45) is 11.8 Å². The summed E-state index contributed by atoms with van der Waals surface area (Å²) in [6, 6.07) is 11.8. The molecule has 1 N–H and O–H groups in total. The van der Waals surface area contributed by atoms with E-state index in [-0.39, 0.29) is 23.4 Å². The fraction of sp³-hybridized carbons (Fsp3) is 0.391. The summed E-state index contributed by atoms with van der Waals surface area (Å²) in [5.74, 6) is -0.691. The number of amides is 2. The van der Waals surface area contributed by atoms with Crippen molar-refractivity contribution in [3.8, 4) is 0 Å². The quantitative estimate of drug-likeness (QED) is 0.626. The van der Waals surface area contributed by atoms with E-state index in [9.17, 15) is 14.0 Å². The Kier molecular flexibility index (Phi) is 7.42. The molecule has 1 aliphatic heterocycles. The molecule has 2 aromatic carbocycles. The number of thioether (sulfide) groups is 1. The average molecular weight is 449 g/mol. The second kappa shape index (κ2) is 9.84. The van der Waals surface area contributed by atoms with Crippen molar-refractivity contribution in [3.05, 3.63) is 58.9 Å². The second-order valence-corrected chi connectivity index (χ2v) is 9.52. The number of fused-ring (bicyclic) bond motifs is 1. The Morgan fingerprint density at radius 1 is 1.23 bits per heavy atom. The van der Waals surface area contributed by atoms with E-state index < -0.39 is 17.0 Å². The van der Waals surface area contributed by atoms with Crippen LogP contribution in [0.2, 0.25) is 5.02 Å². The first kappa shape index (κ1) is 22.6. The van der Waals surface area contributed by atoms with Gasteiger partial charge in [-0.05, 0) is 42.2 Å². The number of para-hydroxylation sites is 1. The van der Waals surface area contributed by atoms with E-state index >= 15 is 0 Å². The number of hydrogen-bond acceptors (Lipinski definition) is 3. The van der Waals surface area contributed by atoms with Crippen molar-refractivity contribution in [1.29, 1.82) is 0 Å². The fourth-order valence-corrected chi connectivity index (χ4v) is 4.83. The van der Waals surface area contributed by atoms with Crippen molar-refractivity contribution in [2.75, 3.05) is 11.4 Å². The molecule has 0 radical (unpaired) electrons. The van der Waals surface area contributed by atoms with Gasteiger partial charge in [0.2, 0.25) is 11.8 Å². The lowest BCUT2D eigenvalue weighted by molar-refractivity contribution is -0.128. The van der Waals surface area contributed by atoms with E-state index in [0.29, 0.717) is 18.0 Å². The van der Waals surface area contributed by atoms with Crippen LogP contribution in [0.5, 0.6) is 0 Å². The maximum Gasteiger partial charge on any atom is 0.241 e. The Morgan fingerprint density at radius 2 is 1.97 bits per heavy atom. The average Bonchev–Trinajstić information content (AvgIpc) is 2.70. The van der Waals surface area contributed by atoms with E-state index in [2.05, 4.69) is 19.2 Å². The summed E-state index contributed by atoms with van der Waals surface area (Å²) in [7, 11) is 0. The minimum absolute atomic E-state index is 0.124. The zero-order valence-corrected chi connectivity index (χ0v) is 18.9. The molecule has 0 spiro atoms. The zero-order chi connectivity index (χ0) is 21.8. The number of carbonyl (C=O) groups excluding carboxylic acids is 2. The lowest BCUT2D eigenvalue weighted by Gasteiger charge is -2.36. The van der Waals surface area contributed by atoms with Crippen LogP contribution < -0.4 is 10.2 Å². The molecule has 1 heterocycles. The molecule has 0 fully saturated rings. The van der Waals surface area contributed by atoms with Crippen molar-refractivity contribution < 1.29 is 14.0 Å². The molecule has 30 heavy (non-hydrogen) atoms.